The first-order chi connectivity index (χ1) is 7.13. The molecule has 0 saturated heterocycles. The van der Waals surface area contributed by atoms with Gasteiger partial charge in [-0.15, -0.1) is 0 Å². The molecular formula is C10H18N4O. The van der Waals surface area contributed by atoms with Gasteiger partial charge in [0.05, 0.1) is 7.11 Å². The van der Waals surface area contributed by atoms with E-state index in [1.807, 2.05) is 18.9 Å². The Labute approximate surface area is 90.3 Å². The van der Waals surface area contributed by atoms with Gasteiger partial charge in [0.25, 0.3) is 0 Å². The minimum atomic E-state index is 0.193. The first-order valence-corrected chi connectivity index (χ1v) is 4.97. The van der Waals surface area contributed by atoms with Crippen LogP contribution in [-0.2, 0) is 0 Å². The van der Waals surface area contributed by atoms with Gasteiger partial charge in [-0.2, -0.15) is 4.98 Å². The summed E-state index contributed by atoms with van der Waals surface area (Å²) in [6.07, 6.45) is 2.60. The third kappa shape index (κ3) is 3.71. The predicted molar refractivity (Wildman–Crippen MR) is 60.1 cm³/mol. The molecule has 0 bridgehead atoms. The van der Waals surface area contributed by atoms with E-state index in [4.69, 9.17) is 10.5 Å². The summed E-state index contributed by atoms with van der Waals surface area (Å²) in [6.45, 7) is 2.82. The highest BCUT2D eigenvalue weighted by Gasteiger charge is 2.06. The summed E-state index contributed by atoms with van der Waals surface area (Å²) in [5.41, 5.74) is 5.68. The largest absolute Gasteiger partial charge is 0.481 e. The summed E-state index contributed by atoms with van der Waals surface area (Å²) in [6, 6.07) is 1.92. The standard InChI is InChI=1S/C10H18N4O/c1-8(11)5-7-14(2)10-12-6-4-9(13-10)15-3/h4,6,8H,5,7,11H2,1-3H3. The molecule has 5 heteroatoms. The van der Waals surface area contributed by atoms with Crippen molar-refractivity contribution in [3.05, 3.63) is 12.3 Å². The number of methoxy groups -OCH3 is 1. The van der Waals surface area contributed by atoms with Crippen LogP contribution in [0.15, 0.2) is 12.3 Å². The van der Waals surface area contributed by atoms with E-state index in [-0.39, 0.29) is 6.04 Å². The number of hydrogen-bond donors (Lipinski definition) is 1. The van der Waals surface area contributed by atoms with Gasteiger partial charge in [-0.25, -0.2) is 4.98 Å². The molecule has 0 aliphatic rings. The lowest BCUT2D eigenvalue weighted by molar-refractivity contribution is 0.397. The average Bonchev–Trinajstić information content (AvgIpc) is 2.26. The Kier molecular flexibility index (Phi) is 4.30. The van der Waals surface area contributed by atoms with Crippen LogP contribution in [-0.4, -0.2) is 36.7 Å². The zero-order chi connectivity index (χ0) is 11.3. The first kappa shape index (κ1) is 11.7. The van der Waals surface area contributed by atoms with Crippen LogP contribution >= 0.6 is 0 Å². The van der Waals surface area contributed by atoms with Crippen molar-refractivity contribution in [2.75, 3.05) is 25.6 Å². The first-order valence-electron chi connectivity index (χ1n) is 4.97. The van der Waals surface area contributed by atoms with Crippen molar-refractivity contribution < 1.29 is 4.74 Å². The Morgan fingerprint density at radius 3 is 2.93 bits per heavy atom. The molecule has 1 rings (SSSR count). The fourth-order valence-electron chi connectivity index (χ4n) is 1.13. The maximum absolute atomic E-state index is 5.68. The lowest BCUT2D eigenvalue weighted by Gasteiger charge is -2.18. The van der Waals surface area contributed by atoms with Gasteiger partial charge >= 0.3 is 0 Å². The average molecular weight is 210 g/mol. The number of aromatic nitrogens is 2. The van der Waals surface area contributed by atoms with Crippen LogP contribution in [0.1, 0.15) is 13.3 Å². The molecule has 0 radical (unpaired) electrons. The number of rotatable bonds is 5. The van der Waals surface area contributed by atoms with E-state index in [0.717, 1.165) is 13.0 Å². The van der Waals surface area contributed by atoms with Crippen LogP contribution in [0.3, 0.4) is 0 Å². The maximum atomic E-state index is 5.68. The zero-order valence-corrected chi connectivity index (χ0v) is 9.47. The third-order valence-corrected chi connectivity index (χ3v) is 2.09. The Morgan fingerprint density at radius 2 is 2.33 bits per heavy atom. The number of hydrogen-bond acceptors (Lipinski definition) is 5. The molecule has 0 aliphatic heterocycles. The van der Waals surface area contributed by atoms with Gasteiger partial charge in [-0.3, -0.25) is 0 Å². The van der Waals surface area contributed by atoms with E-state index in [9.17, 15) is 0 Å². The summed E-state index contributed by atoms with van der Waals surface area (Å²) in [7, 11) is 3.53. The highest BCUT2D eigenvalue weighted by atomic mass is 16.5. The lowest BCUT2D eigenvalue weighted by Crippen LogP contribution is -2.27. The molecule has 84 valence electrons. The molecule has 1 aromatic heterocycles. The highest BCUT2D eigenvalue weighted by molar-refractivity contribution is 5.30. The number of nitrogens with two attached hydrogens (primary N) is 1. The molecule has 1 heterocycles. The van der Waals surface area contributed by atoms with Crippen LogP contribution in [0, 0.1) is 0 Å². The number of nitrogens with zero attached hydrogens (tertiary/aromatic N) is 3. The quantitative estimate of drug-likeness (QED) is 0.773. The van der Waals surface area contributed by atoms with Crippen molar-refractivity contribution in [3.63, 3.8) is 0 Å². The zero-order valence-electron chi connectivity index (χ0n) is 9.47. The number of anilines is 1. The predicted octanol–water partition coefficient (Wildman–Crippen LogP) is 0.659. The van der Waals surface area contributed by atoms with Crippen LogP contribution in [0.4, 0.5) is 5.95 Å². The van der Waals surface area contributed by atoms with Crippen molar-refractivity contribution in [2.24, 2.45) is 5.73 Å². The second kappa shape index (κ2) is 5.50. The molecule has 1 aromatic rings. The van der Waals surface area contributed by atoms with Gasteiger partial charge in [0.2, 0.25) is 11.8 Å². The fraction of sp³-hybridized carbons (Fsp3) is 0.600. The monoisotopic (exact) mass is 210 g/mol. The third-order valence-electron chi connectivity index (χ3n) is 2.09. The second-order valence-corrected chi connectivity index (χ2v) is 3.59. The molecule has 1 unspecified atom stereocenters. The fourth-order valence-corrected chi connectivity index (χ4v) is 1.13. The molecule has 0 saturated carbocycles. The summed E-state index contributed by atoms with van der Waals surface area (Å²) in [5, 5.41) is 0. The molecule has 0 amide bonds. The molecule has 2 N–H and O–H groups in total. The molecular weight excluding hydrogens is 192 g/mol. The van der Waals surface area contributed by atoms with Crippen LogP contribution in [0.25, 0.3) is 0 Å². The topological polar surface area (TPSA) is 64.3 Å². The summed E-state index contributed by atoms with van der Waals surface area (Å²) < 4.78 is 5.03. The lowest BCUT2D eigenvalue weighted by atomic mass is 10.2. The SMILES string of the molecule is COc1ccnc(N(C)CCC(C)N)n1. The smallest absolute Gasteiger partial charge is 0.228 e. The van der Waals surface area contributed by atoms with Gasteiger partial charge < -0.3 is 15.4 Å². The molecule has 0 spiro atoms. The normalized spacial score (nSPS) is 12.3. The van der Waals surface area contributed by atoms with Gasteiger partial charge in [-0.1, -0.05) is 0 Å². The second-order valence-electron chi connectivity index (χ2n) is 3.59. The highest BCUT2D eigenvalue weighted by Crippen LogP contribution is 2.10. The van der Waals surface area contributed by atoms with E-state index in [1.165, 1.54) is 0 Å². The van der Waals surface area contributed by atoms with Crippen molar-refractivity contribution in [2.45, 2.75) is 19.4 Å². The summed E-state index contributed by atoms with van der Waals surface area (Å²) in [4.78, 5) is 10.3. The van der Waals surface area contributed by atoms with Crippen LogP contribution in [0.5, 0.6) is 5.88 Å². The van der Waals surface area contributed by atoms with E-state index < -0.39 is 0 Å². The van der Waals surface area contributed by atoms with Crippen molar-refractivity contribution in [1.29, 1.82) is 0 Å². The van der Waals surface area contributed by atoms with E-state index in [1.54, 1.807) is 19.4 Å². The molecule has 1 atom stereocenters. The minimum absolute atomic E-state index is 0.193. The Morgan fingerprint density at radius 1 is 1.60 bits per heavy atom. The Hall–Kier alpha value is -1.36. The van der Waals surface area contributed by atoms with E-state index >= 15 is 0 Å². The number of ether oxygens (including phenoxy) is 1. The summed E-state index contributed by atoms with van der Waals surface area (Å²) >= 11 is 0. The Balaban J connectivity index is 2.60. The van der Waals surface area contributed by atoms with Gasteiger partial charge in [-0.05, 0) is 13.3 Å². The van der Waals surface area contributed by atoms with Gasteiger partial charge in [0, 0.05) is 31.9 Å². The summed E-state index contributed by atoms with van der Waals surface area (Å²) in [5.74, 6) is 1.24. The molecule has 0 aromatic carbocycles. The van der Waals surface area contributed by atoms with Crippen molar-refractivity contribution in [3.8, 4) is 5.88 Å². The van der Waals surface area contributed by atoms with Crippen LogP contribution in [0.2, 0.25) is 0 Å². The van der Waals surface area contributed by atoms with Crippen molar-refractivity contribution in [1.82, 2.24) is 9.97 Å². The molecule has 0 fully saturated rings. The van der Waals surface area contributed by atoms with Gasteiger partial charge in [0.1, 0.15) is 0 Å². The Bertz CT molecular complexity index is 303. The maximum Gasteiger partial charge on any atom is 0.228 e. The van der Waals surface area contributed by atoms with E-state index in [0.29, 0.717) is 11.8 Å². The van der Waals surface area contributed by atoms with Gasteiger partial charge in [0.15, 0.2) is 0 Å². The molecule has 5 nitrogen and oxygen atoms in total. The molecule has 0 aliphatic carbocycles. The van der Waals surface area contributed by atoms with Crippen LogP contribution < -0.4 is 15.4 Å². The van der Waals surface area contributed by atoms with E-state index in [2.05, 4.69) is 9.97 Å². The molecule has 15 heavy (non-hydrogen) atoms. The van der Waals surface area contributed by atoms with Crippen molar-refractivity contribution >= 4 is 5.95 Å². The minimum Gasteiger partial charge on any atom is -0.481 e.